The van der Waals surface area contributed by atoms with Gasteiger partial charge < -0.3 is 20.6 Å². The summed E-state index contributed by atoms with van der Waals surface area (Å²) in [4.78, 5) is 40.5. The van der Waals surface area contributed by atoms with Crippen LogP contribution in [0.4, 0.5) is 5.69 Å². The summed E-state index contributed by atoms with van der Waals surface area (Å²) in [6, 6.07) is 6.38. The van der Waals surface area contributed by atoms with E-state index in [0.717, 1.165) is 6.42 Å². The Morgan fingerprint density at radius 2 is 1.64 bits per heavy atom. The molecule has 1 aromatic carbocycles. The number of carbonyl (C=O) groups excluding carboxylic acids is 3. The number of aromatic hydroxyl groups is 1. The highest BCUT2D eigenvalue weighted by Gasteiger charge is 2.32. The van der Waals surface area contributed by atoms with Crippen molar-refractivity contribution >= 4 is 23.4 Å². The number of piperidine rings is 1. The van der Waals surface area contributed by atoms with Gasteiger partial charge in [-0.25, -0.2) is 0 Å². The molecule has 3 rings (SSSR count). The van der Waals surface area contributed by atoms with Crippen LogP contribution in [-0.4, -0.2) is 72.4 Å². The van der Waals surface area contributed by atoms with Crippen molar-refractivity contribution in [2.75, 3.05) is 45.1 Å². The minimum atomic E-state index is -0.152. The number of amides is 3. The van der Waals surface area contributed by atoms with E-state index in [1.807, 2.05) is 9.80 Å². The third-order valence-corrected chi connectivity index (χ3v) is 5.60. The second kappa shape index (κ2) is 9.05. The fourth-order valence-electron chi connectivity index (χ4n) is 3.87. The molecule has 2 fully saturated rings. The van der Waals surface area contributed by atoms with Crippen molar-refractivity contribution in [3.63, 3.8) is 0 Å². The summed E-state index contributed by atoms with van der Waals surface area (Å²) in [6.07, 6.45) is 2.11. The van der Waals surface area contributed by atoms with Crippen LogP contribution >= 0.6 is 0 Å². The van der Waals surface area contributed by atoms with Crippen molar-refractivity contribution in [3.8, 4) is 5.75 Å². The molecule has 0 saturated carbocycles. The first-order chi connectivity index (χ1) is 13.5. The molecule has 28 heavy (non-hydrogen) atoms. The lowest BCUT2D eigenvalue weighted by molar-refractivity contribution is -0.136. The summed E-state index contributed by atoms with van der Waals surface area (Å²) in [5.41, 5.74) is 0.649. The molecular formula is C20H28N4O4. The van der Waals surface area contributed by atoms with Crippen molar-refractivity contribution in [2.45, 2.75) is 19.3 Å². The van der Waals surface area contributed by atoms with Crippen molar-refractivity contribution in [1.29, 1.82) is 0 Å². The van der Waals surface area contributed by atoms with E-state index in [-0.39, 0.29) is 35.3 Å². The fourth-order valence-corrected chi connectivity index (χ4v) is 3.87. The minimum Gasteiger partial charge on any atom is -0.508 e. The molecule has 8 heteroatoms. The van der Waals surface area contributed by atoms with Crippen molar-refractivity contribution in [2.24, 2.45) is 11.8 Å². The molecule has 1 aromatic rings. The van der Waals surface area contributed by atoms with Crippen LogP contribution in [0.25, 0.3) is 0 Å². The lowest BCUT2D eigenvalue weighted by Gasteiger charge is -2.32. The van der Waals surface area contributed by atoms with Gasteiger partial charge in [-0.3, -0.25) is 19.3 Å². The summed E-state index contributed by atoms with van der Waals surface area (Å²) >= 11 is 0. The number of rotatable bonds is 5. The van der Waals surface area contributed by atoms with Gasteiger partial charge in [-0.05, 0) is 50.1 Å². The Balaban J connectivity index is 1.43. The maximum absolute atomic E-state index is 12.6. The van der Waals surface area contributed by atoms with Crippen LogP contribution < -0.4 is 10.6 Å². The molecule has 2 heterocycles. The van der Waals surface area contributed by atoms with Gasteiger partial charge in [-0.1, -0.05) is 0 Å². The van der Waals surface area contributed by atoms with Crippen LogP contribution in [0, 0.1) is 11.8 Å². The number of nitrogens with one attached hydrogen (secondary N) is 2. The molecule has 2 aliphatic heterocycles. The van der Waals surface area contributed by atoms with E-state index in [0.29, 0.717) is 51.3 Å². The van der Waals surface area contributed by atoms with E-state index in [1.54, 1.807) is 19.2 Å². The first-order valence-electron chi connectivity index (χ1n) is 9.78. The summed E-state index contributed by atoms with van der Waals surface area (Å²) in [5, 5.41) is 14.8. The number of phenolic OH excluding ortho intramolecular Hbond substituents is 1. The zero-order valence-electron chi connectivity index (χ0n) is 16.2. The topological polar surface area (TPSA) is 102 Å². The number of hydrogen-bond donors (Lipinski definition) is 3. The molecule has 0 spiro atoms. The molecule has 0 radical (unpaired) electrons. The summed E-state index contributed by atoms with van der Waals surface area (Å²) in [5.74, 6) is 0.0495. The van der Waals surface area contributed by atoms with Gasteiger partial charge in [0.05, 0.1) is 12.5 Å². The SMILES string of the molecule is CNC(=O)C1CCN(C(=O)CN2CCC(C(=O)Nc3ccc(O)cc3)C2)CC1. The van der Waals surface area contributed by atoms with Crippen LogP contribution in [0.1, 0.15) is 19.3 Å². The number of nitrogens with zero attached hydrogens (tertiary/aromatic N) is 2. The van der Waals surface area contributed by atoms with E-state index in [2.05, 4.69) is 10.6 Å². The average molecular weight is 388 g/mol. The van der Waals surface area contributed by atoms with Gasteiger partial charge in [0.25, 0.3) is 0 Å². The number of hydrogen-bond acceptors (Lipinski definition) is 5. The number of carbonyl (C=O) groups is 3. The lowest BCUT2D eigenvalue weighted by atomic mass is 9.96. The molecule has 152 valence electrons. The highest BCUT2D eigenvalue weighted by Crippen LogP contribution is 2.21. The Morgan fingerprint density at radius 3 is 2.29 bits per heavy atom. The van der Waals surface area contributed by atoms with Crippen LogP contribution in [0.15, 0.2) is 24.3 Å². The molecule has 3 N–H and O–H groups in total. The highest BCUT2D eigenvalue weighted by molar-refractivity contribution is 5.93. The van der Waals surface area contributed by atoms with Crippen LogP contribution in [0.5, 0.6) is 5.75 Å². The third-order valence-electron chi connectivity index (χ3n) is 5.60. The molecule has 8 nitrogen and oxygen atoms in total. The first-order valence-corrected chi connectivity index (χ1v) is 9.78. The molecule has 0 bridgehead atoms. The predicted molar refractivity (Wildman–Crippen MR) is 105 cm³/mol. The summed E-state index contributed by atoms with van der Waals surface area (Å²) < 4.78 is 0. The van der Waals surface area contributed by atoms with Gasteiger partial charge >= 0.3 is 0 Å². The highest BCUT2D eigenvalue weighted by atomic mass is 16.3. The Kier molecular flexibility index (Phi) is 6.51. The third kappa shape index (κ3) is 5.01. The second-order valence-electron chi connectivity index (χ2n) is 7.53. The number of benzene rings is 1. The normalized spacial score (nSPS) is 20.8. The van der Waals surface area contributed by atoms with Crippen LogP contribution in [0.3, 0.4) is 0 Å². The Bertz CT molecular complexity index is 713. The molecule has 0 aliphatic carbocycles. The maximum Gasteiger partial charge on any atom is 0.236 e. The van der Waals surface area contributed by atoms with Gasteiger partial charge in [0, 0.05) is 38.3 Å². The van der Waals surface area contributed by atoms with Gasteiger partial charge in [-0.2, -0.15) is 0 Å². The fraction of sp³-hybridized carbons (Fsp3) is 0.550. The van der Waals surface area contributed by atoms with Gasteiger partial charge in [0.1, 0.15) is 5.75 Å². The second-order valence-corrected chi connectivity index (χ2v) is 7.53. The zero-order valence-corrected chi connectivity index (χ0v) is 16.2. The average Bonchev–Trinajstić information content (AvgIpc) is 3.18. The van der Waals surface area contributed by atoms with Gasteiger partial charge in [0.15, 0.2) is 0 Å². The number of likely N-dealkylation sites (tertiary alicyclic amines) is 2. The van der Waals surface area contributed by atoms with E-state index in [4.69, 9.17) is 0 Å². The molecule has 3 amide bonds. The Hall–Kier alpha value is -2.61. The monoisotopic (exact) mass is 388 g/mol. The van der Waals surface area contributed by atoms with E-state index in [1.165, 1.54) is 12.1 Å². The Morgan fingerprint density at radius 1 is 1.00 bits per heavy atom. The van der Waals surface area contributed by atoms with Gasteiger partial charge in [0.2, 0.25) is 17.7 Å². The smallest absolute Gasteiger partial charge is 0.236 e. The molecule has 2 aliphatic rings. The van der Waals surface area contributed by atoms with E-state index >= 15 is 0 Å². The predicted octanol–water partition coefficient (Wildman–Crippen LogP) is 0.637. The van der Waals surface area contributed by atoms with E-state index in [9.17, 15) is 19.5 Å². The molecule has 2 saturated heterocycles. The largest absolute Gasteiger partial charge is 0.508 e. The Labute approximate surface area is 164 Å². The molecule has 0 aromatic heterocycles. The molecular weight excluding hydrogens is 360 g/mol. The minimum absolute atomic E-state index is 0.00573. The number of phenols is 1. The van der Waals surface area contributed by atoms with Crippen LogP contribution in [0.2, 0.25) is 0 Å². The lowest BCUT2D eigenvalue weighted by Crippen LogP contribution is -2.46. The van der Waals surface area contributed by atoms with E-state index < -0.39 is 0 Å². The molecule has 1 unspecified atom stereocenters. The first kappa shape index (κ1) is 20.1. The quantitative estimate of drug-likeness (QED) is 0.643. The number of anilines is 1. The zero-order chi connectivity index (χ0) is 20.1. The van der Waals surface area contributed by atoms with Crippen molar-refractivity contribution < 1.29 is 19.5 Å². The standard InChI is InChI=1S/C20H28N4O4/c1-21-19(27)14-7-10-24(11-8-14)18(26)13-23-9-6-15(12-23)20(28)22-16-2-4-17(25)5-3-16/h2-5,14-15,25H,6-13H2,1H3,(H,21,27)(H,22,28). The summed E-state index contributed by atoms with van der Waals surface area (Å²) in [7, 11) is 1.64. The maximum atomic E-state index is 12.6. The molecule has 1 atom stereocenters. The summed E-state index contributed by atoms with van der Waals surface area (Å²) in [6.45, 7) is 2.80. The van der Waals surface area contributed by atoms with Gasteiger partial charge in [-0.15, -0.1) is 0 Å². The van der Waals surface area contributed by atoms with Crippen LogP contribution in [-0.2, 0) is 14.4 Å². The van der Waals surface area contributed by atoms with Crippen molar-refractivity contribution in [3.05, 3.63) is 24.3 Å². The van der Waals surface area contributed by atoms with Crippen molar-refractivity contribution in [1.82, 2.24) is 15.1 Å².